The van der Waals surface area contributed by atoms with Gasteiger partial charge in [0.05, 0.1) is 11.5 Å². The fraction of sp³-hybridized carbons (Fsp3) is 0.167. The van der Waals surface area contributed by atoms with Crippen molar-refractivity contribution in [3.05, 3.63) is 55.6 Å². The molecular weight excluding hydrogens is 224 g/mol. The molecule has 3 nitrogen and oxygen atoms in total. The third kappa shape index (κ3) is 5.48. The minimum atomic E-state index is -3.59. The maximum Gasteiger partial charge on any atom is 0.297 e. The van der Waals surface area contributed by atoms with Crippen LogP contribution in [0.4, 0.5) is 0 Å². The van der Waals surface area contributed by atoms with Gasteiger partial charge in [0, 0.05) is 0 Å². The normalized spacial score (nSPS) is 9.81. The van der Waals surface area contributed by atoms with E-state index < -0.39 is 10.1 Å². The van der Waals surface area contributed by atoms with Gasteiger partial charge in [0.1, 0.15) is 0 Å². The zero-order valence-electron chi connectivity index (χ0n) is 9.30. The molecule has 88 valence electrons. The van der Waals surface area contributed by atoms with Gasteiger partial charge in [0.25, 0.3) is 10.1 Å². The van der Waals surface area contributed by atoms with Gasteiger partial charge in [-0.1, -0.05) is 30.4 Å². The first-order chi connectivity index (χ1) is 7.58. The Labute approximate surface area is 97.2 Å². The molecule has 0 fully saturated rings. The molecule has 0 saturated heterocycles. The lowest BCUT2D eigenvalue weighted by atomic mass is 10.4. The van der Waals surface area contributed by atoms with Crippen LogP contribution in [0.2, 0.25) is 0 Å². The van der Waals surface area contributed by atoms with Crippen LogP contribution in [-0.2, 0) is 14.3 Å². The van der Waals surface area contributed by atoms with Gasteiger partial charge in [0.2, 0.25) is 0 Å². The largest absolute Gasteiger partial charge is 0.297 e. The maximum atomic E-state index is 11.3. The minimum Gasteiger partial charge on any atom is -0.262 e. The van der Waals surface area contributed by atoms with E-state index in [1.54, 1.807) is 24.3 Å². The van der Waals surface area contributed by atoms with Crippen molar-refractivity contribution in [2.24, 2.45) is 0 Å². The molecule has 0 aliphatic carbocycles. The highest BCUT2D eigenvalue weighted by molar-refractivity contribution is 7.86. The van der Waals surface area contributed by atoms with E-state index in [2.05, 4.69) is 17.3 Å². The predicted molar refractivity (Wildman–Crippen MR) is 65.6 cm³/mol. The number of hydrogen-bond donors (Lipinski definition) is 0. The molecular formula is C12H16O3S. The lowest BCUT2D eigenvalue weighted by molar-refractivity contribution is 0.357. The summed E-state index contributed by atoms with van der Waals surface area (Å²) < 4.78 is 27.3. The Kier molecular flexibility index (Phi) is 7.16. The van der Waals surface area contributed by atoms with Crippen molar-refractivity contribution >= 4 is 10.1 Å². The molecule has 0 saturated carbocycles. The summed E-state index contributed by atoms with van der Waals surface area (Å²) in [6, 6.07) is 8.00. The van der Waals surface area contributed by atoms with E-state index in [0.717, 1.165) is 0 Å². The summed E-state index contributed by atoms with van der Waals surface area (Å²) in [6.45, 7) is 8.62. The van der Waals surface area contributed by atoms with Crippen LogP contribution < -0.4 is 0 Å². The highest BCUT2D eigenvalue weighted by Crippen LogP contribution is 2.10. The molecule has 0 aromatic heterocycles. The zero-order chi connectivity index (χ0) is 12.4. The van der Waals surface area contributed by atoms with Crippen LogP contribution in [-0.4, -0.2) is 15.0 Å². The second-order valence-electron chi connectivity index (χ2n) is 2.75. The molecule has 16 heavy (non-hydrogen) atoms. The van der Waals surface area contributed by atoms with Gasteiger partial charge >= 0.3 is 0 Å². The molecule has 0 spiro atoms. The third-order valence-corrected chi connectivity index (χ3v) is 2.67. The maximum absolute atomic E-state index is 11.3. The Morgan fingerprint density at radius 1 is 1.25 bits per heavy atom. The van der Waals surface area contributed by atoms with E-state index in [1.807, 2.05) is 6.92 Å². The molecule has 0 radical (unpaired) electrons. The van der Waals surface area contributed by atoms with Gasteiger partial charge in [-0.05, 0) is 19.1 Å². The molecule has 1 aromatic carbocycles. The van der Waals surface area contributed by atoms with Crippen molar-refractivity contribution in [2.45, 2.75) is 11.8 Å². The van der Waals surface area contributed by atoms with Crippen LogP contribution in [0.25, 0.3) is 0 Å². The average Bonchev–Trinajstić information content (AvgIpc) is 2.29. The molecule has 0 bridgehead atoms. The van der Waals surface area contributed by atoms with Crippen molar-refractivity contribution in [1.82, 2.24) is 0 Å². The van der Waals surface area contributed by atoms with E-state index in [4.69, 9.17) is 0 Å². The van der Waals surface area contributed by atoms with E-state index >= 15 is 0 Å². The summed E-state index contributed by atoms with van der Waals surface area (Å²) in [5.74, 6) is 0. The molecule has 1 aromatic rings. The quantitative estimate of drug-likeness (QED) is 0.600. The van der Waals surface area contributed by atoms with Crippen molar-refractivity contribution in [2.75, 3.05) is 6.61 Å². The molecule has 0 atom stereocenters. The second kappa shape index (κ2) is 7.84. The Balaban J connectivity index is 0.000000673. The summed E-state index contributed by atoms with van der Waals surface area (Å²) in [5, 5.41) is 0. The van der Waals surface area contributed by atoms with Crippen LogP contribution in [0.3, 0.4) is 0 Å². The average molecular weight is 240 g/mol. The second-order valence-corrected chi connectivity index (χ2v) is 4.36. The molecule has 0 N–H and O–H groups in total. The summed E-state index contributed by atoms with van der Waals surface area (Å²) in [7, 11) is -3.59. The van der Waals surface area contributed by atoms with E-state index in [-0.39, 0.29) is 11.5 Å². The summed E-state index contributed by atoms with van der Waals surface area (Å²) in [6.07, 6.45) is 3.14. The van der Waals surface area contributed by atoms with Crippen LogP contribution >= 0.6 is 0 Å². The van der Waals surface area contributed by atoms with E-state index in [0.29, 0.717) is 0 Å². The van der Waals surface area contributed by atoms with Crippen molar-refractivity contribution < 1.29 is 12.6 Å². The number of rotatable bonds is 4. The smallest absolute Gasteiger partial charge is 0.262 e. The fourth-order valence-corrected chi connectivity index (χ4v) is 1.69. The van der Waals surface area contributed by atoms with E-state index in [9.17, 15) is 8.42 Å². The number of hydrogen-bond acceptors (Lipinski definition) is 3. The molecule has 0 heterocycles. The Morgan fingerprint density at radius 2 is 1.75 bits per heavy atom. The SMILES string of the molecule is C=CC.C=CCOS(=O)(=O)c1ccccc1. The highest BCUT2D eigenvalue weighted by Gasteiger charge is 2.12. The predicted octanol–water partition coefficient (Wildman–Crippen LogP) is 2.77. The summed E-state index contributed by atoms with van der Waals surface area (Å²) in [5.41, 5.74) is 0. The molecule has 1 rings (SSSR count). The molecule has 0 aliphatic rings. The first-order valence-electron chi connectivity index (χ1n) is 4.71. The van der Waals surface area contributed by atoms with Gasteiger partial charge in [-0.15, -0.1) is 13.2 Å². The lowest BCUT2D eigenvalue weighted by Gasteiger charge is -2.01. The third-order valence-electron chi connectivity index (χ3n) is 1.37. The summed E-state index contributed by atoms with van der Waals surface area (Å²) >= 11 is 0. The van der Waals surface area contributed by atoms with Gasteiger partial charge < -0.3 is 0 Å². The van der Waals surface area contributed by atoms with E-state index in [1.165, 1.54) is 18.2 Å². The molecule has 0 amide bonds. The lowest BCUT2D eigenvalue weighted by Crippen LogP contribution is -2.05. The zero-order valence-corrected chi connectivity index (χ0v) is 10.1. The van der Waals surface area contributed by atoms with Crippen LogP contribution in [0, 0.1) is 0 Å². The monoisotopic (exact) mass is 240 g/mol. The van der Waals surface area contributed by atoms with Gasteiger partial charge in [-0.2, -0.15) is 8.42 Å². The molecule has 0 aliphatic heterocycles. The highest BCUT2D eigenvalue weighted by atomic mass is 32.2. The van der Waals surface area contributed by atoms with Gasteiger partial charge in [-0.25, -0.2) is 0 Å². The Bertz CT molecular complexity index is 407. The standard InChI is InChI=1S/C9H10O3S.C3H6/c1-2-8-12-13(10,11)9-6-4-3-5-7-9;1-3-2/h2-7H,1,8H2;3H,1H2,2H3. The number of allylic oxidation sites excluding steroid dienone is 1. The minimum absolute atomic E-state index is 0.00275. The first kappa shape index (κ1) is 14.6. The van der Waals surface area contributed by atoms with Crippen LogP contribution in [0.15, 0.2) is 60.5 Å². The topological polar surface area (TPSA) is 43.4 Å². The Hall–Kier alpha value is -1.39. The van der Waals surface area contributed by atoms with Crippen LogP contribution in [0.1, 0.15) is 6.92 Å². The summed E-state index contributed by atoms with van der Waals surface area (Å²) in [4.78, 5) is 0.164. The van der Waals surface area contributed by atoms with Crippen LogP contribution in [0.5, 0.6) is 0 Å². The van der Waals surface area contributed by atoms with Crippen molar-refractivity contribution in [3.63, 3.8) is 0 Å². The Morgan fingerprint density at radius 3 is 2.19 bits per heavy atom. The fourth-order valence-electron chi connectivity index (χ4n) is 0.793. The molecule has 4 heteroatoms. The van der Waals surface area contributed by atoms with Gasteiger partial charge in [-0.3, -0.25) is 4.18 Å². The van der Waals surface area contributed by atoms with Crippen molar-refractivity contribution in [1.29, 1.82) is 0 Å². The molecule has 0 unspecified atom stereocenters. The number of benzene rings is 1. The van der Waals surface area contributed by atoms with Gasteiger partial charge in [0.15, 0.2) is 0 Å². The first-order valence-corrected chi connectivity index (χ1v) is 6.11. The van der Waals surface area contributed by atoms with Crippen molar-refractivity contribution in [3.8, 4) is 0 Å².